The topological polar surface area (TPSA) is 47.7 Å². The molecule has 1 aromatic rings. The highest BCUT2D eigenvalue weighted by molar-refractivity contribution is 9.10. The SMILES string of the molecule is CCOc1cc(CN2CCC(C)(CN)C2)cc(Br)c1OC.Cl. The third kappa shape index (κ3) is 4.51. The highest BCUT2D eigenvalue weighted by Crippen LogP contribution is 2.37. The van der Waals surface area contributed by atoms with Gasteiger partial charge in [0.05, 0.1) is 18.2 Å². The molecule has 1 unspecified atom stereocenters. The molecule has 0 bridgehead atoms. The van der Waals surface area contributed by atoms with Gasteiger partial charge in [0.25, 0.3) is 0 Å². The van der Waals surface area contributed by atoms with Gasteiger partial charge >= 0.3 is 0 Å². The molecule has 1 heterocycles. The zero-order valence-corrected chi connectivity index (χ0v) is 15.9. The number of hydrogen-bond acceptors (Lipinski definition) is 4. The maximum absolute atomic E-state index is 5.88. The number of hydrogen-bond donors (Lipinski definition) is 1. The van der Waals surface area contributed by atoms with Crippen molar-refractivity contribution in [1.82, 2.24) is 4.90 Å². The van der Waals surface area contributed by atoms with Crippen LogP contribution in [0.25, 0.3) is 0 Å². The van der Waals surface area contributed by atoms with Gasteiger partial charge in [-0.3, -0.25) is 4.90 Å². The molecule has 0 spiro atoms. The summed E-state index contributed by atoms with van der Waals surface area (Å²) in [6.45, 7) is 8.69. The average molecular weight is 394 g/mol. The van der Waals surface area contributed by atoms with Crippen molar-refractivity contribution >= 4 is 28.3 Å². The molecule has 6 heteroatoms. The third-order valence-corrected chi connectivity index (χ3v) is 4.70. The van der Waals surface area contributed by atoms with Crippen LogP contribution in [0.5, 0.6) is 11.5 Å². The molecule has 1 aliphatic heterocycles. The van der Waals surface area contributed by atoms with Crippen LogP contribution in [0.1, 0.15) is 25.8 Å². The Morgan fingerprint density at radius 1 is 1.41 bits per heavy atom. The van der Waals surface area contributed by atoms with Gasteiger partial charge in [-0.05, 0) is 65.5 Å². The first kappa shape index (κ1) is 19.6. The van der Waals surface area contributed by atoms with Crippen molar-refractivity contribution in [2.75, 3.05) is 33.4 Å². The van der Waals surface area contributed by atoms with Crippen molar-refractivity contribution in [3.8, 4) is 11.5 Å². The second-order valence-corrected chi connectivity index (χ2v) is 6.87. The molecule has 22 heavy (non-hydrogen) atoms. The molecule has 0 amide bonds. The Labute approximate surface area is 147 Å². The van der Waals surface area contributed by atoms with Crippen LogP contribution in [-0.4, -0.2) is 38.3 Å². The minimum atomic E-state index is 0. The fourth-order valence-electron chi connectivity index (χ4n) is 2.86. The largest absolute Gasteiger partial charge is 0.492 e. The van der Waals surface area contributed by atoms with Crippen LogP contribution in [0.3, 0.4) is 0 Å². The lowest BCUT2D eigenvalue weighted by Gasteiger charge is -2.23. The van der Waals surface area contributed by atoms with Crippen LogP contribution in [0, 0.1) is 5.41 Å². The van der Waals surface area contributed by atoms with Crippen molar-refractivity contribution in [1.29, 1.82) is 0 Å². The molecule has 0 saturated carbocycles. The predicted octanol–water partition coefficient (Wildman–Crippen LogP) is 3.45. The van der Waals surface area contributed by atoms with E-state index >= 15 is 0 Å². The van der Waals surface area contributed by atoms with Crippen molar-refractivity contribution in [3.63, 3.8) is 0 Å². The van der Waals surface area contributed by atoms with E-state index in [1.54, 1.807) is 7.11 Å². The van der Waals surface area contributed by atoms with E-state index in [4.69, 9.17) is 15.2 Å². The quantitative estimate of drug-likeness (QED) is 0.804. The lowest BCUT2D eigenvalue weighted by molar-refractivity contribution is 0.273. The van der Waals surface area contributed by atoms with Crippen LogP contribution in [0.4, 0.5) is 0 Å². The minimum Gasteiger partial charge on any atom is -0.492 e. The van der Waals surface area contributed by atoms with E-state index in [2.05, 4.69) is 39.9 Å². The molecule has 1 aliphatic rings. The van der Waals surface area contributed by atoms with Crippen LogP contribution in [0.2, 0.25) is 0 Å². The predicted molar refractivity (Wildman–Crippen MR) is 96.2 cm³/mol. The van der Waals surface area contributed by atoms with Crippen LogP contribution in [0.15, 0.2) is 16.6 Å². The summed E-state index contributed by atoms with van der Waals surface area (Å²) in [7, 11) is 1.66. The molecule has 1 atom stereocenters. The van der Waals surface area contributed by atoms with Gasteiger partial charge in [-0.25, -0.2) is 0 Å². The summed E-state index contributed by atoms with van der Waals surface area (Å²) >= 11 is 3.57. The Balaban J connectivity index is 0.00000242. The number of ether oxygens (including phenoxy) is 2. The van der Waals surface area contributed by atoms with E-state index in [0.717, 1.165) is 42.2 Å². The zero-order chi connectivity index (χ0) is 15.5. The van der Waals surface area contributed by atoms with Crippen LogP contribution in [-0.2, 0) is 6.54 Å². The first-order valence-corrected chi connectivity index (χ1v) is 8.22. The Kier molecular flexibility index (Phi) is 7.46. The highest BCUT2D eigenvalue weighted by Gasteiger charge is 2.32. The summed E-state index contributed by atoms with van der Waals surface area (Å²) in [5, 5.41) is 0. The van der Waals surface area contributed by atoms with Crippen LogP contribution >= 0.6 is 28.3 Å². The van der Waals surface area contributed by atoms with Gasteiger partial charge in [0.15, 0.2) is 11.5 Å². The van der Waals surface area contributed by atoms with Gasteiger partial charge in [-0.15, -0.1) is 12.4 Å². The fraction of sp³-hybridized carbons (Fsp3) is 0.625. The van der Waals surface area contributed by atoms with Crippen molar-refractivity contribution < 1.29 is 9.47 Å². The first-order valence-electron chi connectivity index (χ1n) is 7.43. The third-order valence-electron chi connectivity index (χ3n) is 4.11. The van der Waals surface area contributed by atoms with Gasteiger partial charge in [0.1, 0.15) is 0 Å². The minimum absolute atomic E-state index is 0. The Bertz CT molecular complexity index is 501. The normalized spacial score (nSPS) is 21.5. The van der Waals surface area contributed by atoms with Crippen molar-refractivity contribution in [3.05, 3.63) is 22.2 Å². The van der Waals surface area contributed by atoms with E-state index in [9.17, 15) is 0 Å². The highest BCUT2D eigenvalue weighted by atomic mass is 79.9. The average Bonchev–Trinajstić information content (AvgIpc) is 2.81. The molecule has 126 valence electrons. The summed E-state index contributed by atoms with van der Waals surface area (Å²) in [5.74, 6) is 1.55. The molecule has 0 radical (unpaired) electrons. The number of rotatable bonds is 6. The smallest absolute Gasteiger partial charge is 0.174 e. The Morgan fingerprint density at radius 3 is 2.68 bits per heavy atom. The fourth-order valence-corrected chi connectivity index (χ4v) is 3.51. The monoisotopic (exact) mass is 392 g/mol. The van der Waals surface area contributed by atoms with Gasteiger partial charge < -0.3 is 15.2 Å². The summed E-state index contributed by atoms with van der Waals surface area (Å²) in [5.41, 5.74) is 7.36. The van der Waals surface area contributed by atoms with E-state index in [0.29, 0.717) is 6.61 Å². The van der Waals surface area contributed by atoms with Gasteiger partial charge in [-0.1, -0.05) is 6.92 Å². The summed E-state index contributed by atoms with van der Waals surface area (Å²) in [6, 6.07) is 4.19. The lowest BCUT2D eigenvalue weighted by atomic mass is 9.90. The van der Waals surface area contributed by atoms with Crippen LogP contribution < -0.4 is 15.2 Å². The summed E-state index contributed by atoms with van der Waals surface area (Å²) in [4.78, 5) is 2.46. The summed E-state index contributed by atoms with van der Waals surface area (Å²) in [6.07, 6.45) is 1.17. The molecule has 2 rings (SSSR count). The second kappa shape index (κ2) is 8.39. The standard InChI is InChI=1S/C16H25BrN2O2.ClH/c1-4-21-14-8-12(7-13(17)15(14)20-3)9-19-6-5-16(2,10-18)11-19;/h7-8H,4-6,9-11,18H2,1-3H3;1H. The Hall–Kier alpha value is -0.490. The zero-order valence-electron chi connectivity index (χ0n) is 13.5. The van der Waals surface area contributed by atoms with E-state index in [1.807, 2.05) is 6.92 Å². The number of halogens is 2. The van der Waals surface area contributed by atoms with Crippen molar-refractivity contribution in [2.24, 2.45) is 11.1 Å². The number of nitrogens with two attached hydrogens (primary N) is 1. The molecule has 2 N–H and O–H groups in total. The van der Waals surface area contributed by atoms with E-state index in [-0.39, 0.29) is 17.8 Å². The number of likely N-dealkylation sites (tertiary alicyclic amines) is 1. The van der Waals surface area contributed by atoms with E-state index < -0.39 is 0 Å². The second-order valence-electron chi connectivity index (χ2n) is 6.02. The maximum Gasteiger partial charge on any atom is 0.174 e. The van der Waals surface area contributed by atoms with Gasteiger partial charge in [0, 0.05) is 13.1 Å². The number of nitrogens with zero attached hydrogens (tertiary/aromatic N) is 1. The van der Waals surface area contributed by atoms with Gasteiger partial charge in [0.2, 0.25) is 0 Å². The molecule has 4 nitrogen and oxygen atoms in total. The van der Waals surface area contributed by atoms with Crippen molar-refractivity contribution in [2.45, 2.75) is 26.8 Å². The number of benzene rings is 1. The maximum atomic E-state index is 5.88. The van der Waals surface area contributed by atoms with Gasteiger partial charge in [-0.2, -0.15) is 0 Å². The van der Waals surface area contributed by atoms with E-state index in [1.165, 1.54) is 12.0 Å². The molecule has 1 saturated heterocycles. The molecular formula is C16H26BrClN2O2. The molecule has 1 aromatic carbocycles. The molecule has 0 aromatic heterocycles. The first-order chi connectivity index (χ1) is 10.0. The number of methoxy groups -OCH3 is 1. The Morgan fingerprint density at radius 2 is 2.14 bits per heavy atom. The molecule has 0 aliphatic carbocycles. The molecule has 1 fully saturated rings. The lowest BCUT2D eigenvalue weighted by Crippen LogP contribution is -2.31. The molecular weight excluding hydrogens is 368 g/mol. The summed E-state index contributed by atoms with van der Waals surface area (Å²) < 4.78 is 12.0.